The summed E-state index contributed by atoms with van der Waals surface area (Å²) in [6, 6.07) is 3.03. The number of nitrogens with zero attached hydrogens (tertiary/aromatic N) is 2. The second-order valence-corrected chi connectivity index (χ2v) is 5.71. The van der Waals surface area contributed by atoms with Gasteiger partial charge < -0.3 is 10.1 Å². The molecule has 0 amide bonds. The second kappa shape index (κ2) is 5.47. The molecule has 0 atom stereocenters. The Hall–Kier alpha value is -1.77. The Morgan fingerprint density at radius 2 is 2.26 bits per heavy atom. The number of hydrogen-bond acceptors (Lipinski definition) is 5. The van der Waals surface area contributed by atoms with E-state index >= 15 is 0 Å². The Morgan fingerprint density at radius 1 is 1.47 bits per heavy atom. The lowest BCUT2D eigenvalue weighted by molar-refractivity contribution is 0.277. The summed E-state index contributed by atoms with van der Waals surface area (Å²) in [5.41, 5.74) is 1.03. The van der Waals surface area contributed by atoms with Crippen molar-refractivity contribution >= 4 is 10.0 Å². The first kappa shape index (κ1) is 13.7. The van der Waals surface area contributed by atoms with Crippen LogP contribution < -0.4 is 4.72 Å². The average molecular weight is 282 g/mol. The van der Waals surface area contributed by atoms with Crippen molar-refractivity contribution < 1.29 is 13.5 Å². The van der Waals surface area contributed by atoms with Gasteiger partial charge in [-0.15, -0.1) is 0 Å². The molecular weight excluding hydrogens is 268 g/mol. The summed E-state index contributed by atoms with van der Waals surface area (Å²) >= 11 is 0. The molecule has 2 aromatic heterocycles. The van der Waals surface area contributed by atoms with Gasteiger partial charge in [-0.2, -0.15) is 0 Å². The first-order chi connectivity index (χ1) is 9.01. The van der Waals surface area contributed by atoms with E-state index in [1.54, 1.807) is 19.2 Å². The van der Waals surface area contributed by atoms with Gasteiger partial charge in [-0.05, 0) is 19.1 Å². The highest BCUT2D eigenvalue weighted by Gasteiger charge is 2.15. The molecule has 19 heavy (non-hydrogen) atoms. The van der Waals surface area contributed by atoms with Crippen molar-refractivity contribution in [2.24, 2.45) is 0 Å². The summed E-state index contributed by atoms with van der Waals surface area (Å²) in [6.45, 7) is 1.59. The molecule has 0 saturated carbocycles. The third-order valence-electron chi connectivity index (χ3n) is 2.47. The number of aliphatic hydroxyl groups excluding tert-OH is 1. The molecule has 2 aromatic rings. The van der Waals surface area contributed by atoms with Crippen molar-refractivity contribution in [2.45, 2.75) is 25.0 Å². The Labute approximate surface area is 110 Å². The number of aromatic amines is 1. The van der Waals surface area contributed by atoms with E-state index in [4.69, 9.17) is 5.11 Å². The molecule has 2 rings (SSSR count). The van der Waals surface area contributed by atoms with Gasteiger partial charge in [-0.3, -0.25) is 0 Å². The zero-order chi connectivity index (χ0) is 13.9. The fraction of sp³-hybridized carbons (Fsp3) is 0.273. The molecule has 0 aliphatic carbocycles. The zero-order valence-electron chi connectivity index (χ0n) is 10.3. The third-order valence-corrected chi connectivity index (χ3v) is 3.85. The summed E-state index contributed by atoms with van der Waals surface area (Å²) in [7, 11) is -3.61. The second-order valence-electron chi connectivity index (χ2n) is 3.94. The minimum absolute atomic E-state index is 0.0855. The molecule has 0 bridgehead atoms. The average Bonchev–Trinajstić information content (AvgIpc) is 2.86. The molecule has 2 heterocycles. The summed E-state index contributed by atoms with van der Waals surface area (Å²) in [5, 5.41) is 8.89. The van der Waals surface area contributed by atoms with Crippen molar-refractivity contribution in [3.05, 3.63) is 41.7 Å². The molecule has 102 valence electrons. The fourth-order valence-electron chi connectivity index (χ4n) is 1.52. The Balaban J connectivity index is 2.09. The predicted molar refractivity (Wildman–Crippen MR) is 67.5 cm³/mol. The normalized spacial score (nSPS) is 11.7. The van der Waals surface area contributed by atoms with E-state index < -0.39 is 10.0 Å². The topological polar surface area (TPSA) is 108 Å². The van der Waals surface area contributed by atoms with Gasteiger partial charge in [-0.1, -0.05) is 0 Å². The van der Waals surface area contributed by atoms with Gasteiger partial charge in [0.1, 0.15) is 5.82 Å². The van der Waals surface area contributed by atoms with Crippen molar-refractivity contribution in [3.63, 3.8) is 0 Å². The minimum atomic E-state index is -3.61. The molecule has 0 aliphatic heterocycles. The lowest BCUT2D eigenvalue weighted by Gasteiger charge is -2.04. The Bertz CT molecular complexity index is 666. The maximum atomic E-state index is 12.0. The number of rotatable bonds is 5. The number of sulfonamides is 1. The number of aromatic nitrogens is 3. The van der Waals surface area contributed by atoms with Crippen LogP contribution in [-0.2, 0) is 23.2 Å². The van der Waals surface area contributed by atoms with Crippen LogP contribution in [0.25, 0.3) is 0 Å². The van der Waals surface area contributed by atoms with Crippen molar-refractivity contribution in [2.75, 3.05) is 0 Å². The van der Waals surface area contributed by atoms with Gasteiger partial charge in [0, 0.05) is 18.1 Å². The van der Waals surface area contributed by atoms with Crippen molar-refractivity contribution in [3.8, 4) is 0 Å². The summed E-state index contributed by atoms with van der Waals surface area (Å²) in [4.78, 5) is 10.8. The maximum absolute atomic E-state index is 12.0. The molecule has 8 heteroatoms. The van der Waals surface area contributed by atoms with Crippen LogP contribution in [0.4, 0.5) is 0 Å². The number of H-pyrrole nitrogens is 1. The van der Waals surface area contributed by atoms with Gasteiger partial charge in [0.15, 0.2) is 0 Å². The van der Waals surface area contributed by atoms with Crippen LogP contribution in [0.5, 0.6) is 0 Å². The maximum Gasteiger partial charge on any atom is 0.242 e. The molecule has 7 nitrogen and oxygen atoms in total. The minimum Gasteiger partial charge on any atom is -0.390 e. The number of aliphatic hydroxyl groups is 1. The SMILES string of the molecule is Cc1nccc(CNS(=O)(=O)c2c[nH]c(CO)c2)n1. The van der Waals surface area contributed by atoms with E-state index in [0.29, 0.717) is 17.2 Å². The van der Waals surface area contributed by atoms with Gasteiger partial charge in [0.05, 0.1) is 23.7 Å². The van der Waals surface area contributed by atoms with Crippen LogP contribution >= 0.6 is 0 Å². The first-order valence-electron chi connectivity index (χ1n) is 5.57. The molecular formula is C11H14N4O3S. The van der Waals surface area contributed by atoms with Crippen LogP contribution in [-0.4, -0.2) is 28.5 Å². The highest BCUT2D eigenvalue weighted by molar-refractivity contribution is 7.89. The molecule has 0 radical (unpaired) electrons. The lowest BCUT2D eigenvalue weighted by atomic mass is 10.4. The number of nitrogens with one attached hydrogen (secondary N) is 2. The summed E-state index contributed by atoms with van der Waals surface area (Å²) in [5.74, 6) is 0.584. The molecule has 3 N–H and O–H groups in total. The zero-order valence-corrected chi connectivity index (χ0v) is 11.1. The predicted octanol–water partition coefficient (Wildman–Crippen LogP) is 0.0839. The van der Waals surface area contributed by atoms with E-state index in [9.17, 15) is 8.42 Å². The molecule has 0 spiro atoms. The fourth-order valence-corrected chi connectivity index (χ4v) is 2.54. The molecule has 0 unspecified atom stereocenters. The van der Waals surface area contributed by atoms with Crippen LogP contribution in [0.15, 0.2) is 29.4 Å². The largest absolute Gasteiger partial charge is 0.390 e. The third kappa shape index (κ3) is 3.37. The van der Waals surface area contributed by atoms with Gasteiger partial charge in [-0.25, -0.2) is 23.1 Å². The summed E-state index contributed by atoms with van der Waals surface area (Å²) < 4.78 is 26.4. The highest BCUT2D eigenvalue weighted by atomic mass is 32.2. The van der Waals surface area contributed by atoms with Crippen LogP contribution in [0.2, 0.25) is 0 Å². The van der Waals surface area contributed by atoms with Crippen molar-refractivity contribution in [1.82, 2.24) is 19.7 Å². The van der Waals surface area contributed by atoms with Gasteiger partial charge in [0.2, 0.25) is 10.0 Å². The Morgan fingerprint density at radius 3 is 2.89 bits per heavy atom. The summed E-state index contributed by atoms with van der Waals surface area (Å²) in [6.07, 6.45) is 2.91. The molecule has 0 saturated heterocycles. The highest BCUT2D eigenvalue weighted by Crippen LogP contribution is 2.11. The van der Waals surface area contributed by atoms with Gasteiger partial charge >= 0.3 is 0 Å². The van der Waals surface area contributed by atoms with Gasteiger partial charge in [0.25, 0.3) is 0 Å². The Kier molecular flexibility index (Phi) is 3.93. The molecule has 0 aliphatic rings. The molecule has 0 fully saturated rings. The van der Waals surface area contributed by atoms with E-state index in [0.717, 1.165) is 0 Å². The van der Waals surface area contributed by atoms with E-state index in [-0.39, 0.29) is 18.0 Å². The first-order valence-corrected chi connectivity index (χ1v) is 7.06. The van der Waals surface area contributed by atoms with Crippen LogP contribution in [0.3, 0.4) is 0 Å². The quantitative estimate of drug-likeness (QED) is 0.720. The van der Waals surface area contributed by atoms with E-state index in [1.165, 1.54) is 12.3 Å². The number of hydrogen-bond donors (Lipinski definition) is 3. The smallest absolute Gasteiger partial charge is 0.242 e. The van der Waals surface area contributed by atoms with E-state index in [2.05, 4.69) is 19.7 Å². The van der Waals surface area contributed by atoms with Crippen molar-refractivity contribution in [1.29, 1.82) is 0 Å². The monoisotopic (exact) mass is 282 g/mol. The lowest BCUT2D eigenvalue weighted by Crippen LogP contribution is -2.23. The van der Waals surface area contributed by atoms with Crippen LogP contribution in [0, 0.1) is 6.92 Å². The standard InChI is InChI=1S/C11H14N4O3S/c1-8-12-3-2-9(15-8)5-14-19(17,18)11-4-10(7-16)13-6-11/h2-4,6,13-14,16H,5,7H2,1H3. The van der Waals surface area contributed by atoms with Crippen LogP contribution in [0.1, 0.15) is 17.2 Å². The molecule has 0 aromatic carbocycles. The number of aryl methyl sites for hydroxylation is 1. The van der Waals surface area contributed by atoms with E-state index in [1.807, 2.05) is 0 Å².